The molecule has 3 rings (SSSR count). The minimum absolute atomic E-state index is 0.209. The Bertz CT molecular complexity index is 560. The fraction of sp³-hybridized carbons (Fsp3) is 0.357. The molecule has 1 saturated carbocycles. The fourth-order valence-corrected chi connectivity index (χ4v) is 1.96. The predicted octanol–water partition coefficient (Wildman–Crippen LogP) is 1.65. The second-order valence-electron chi connectivity index (χ2n) is 4.81. The number of benzene rings is 1. The zero-order valence-electron chi connectivity index (χ0n) is 10.6. The van der Waals surface area contributed by atoms with Crippen molar-refractivity contribution in [2.75, 3.05) is 6.54 Å². The van der Waals surface area contributed by atoms with E-state index in [0.29, 0.717) is 12.5 Å². The van der Waals surface area contributed by atoms with Crippen LogP contribution in [0.15, 0.2) is 30.3 Å². The molecule has 1 aliphatic rings. The first-order chi connectivity index (χ1) is 9.33. The minimum Gasteiger partial charge on any atom is -0.349 e. The van der Waals surface area contributed by atoms with Crippen molar-refractivity contribution in [3.8, 4) is 0 Å². The highest BCUT2D eigenvalue weighted by Crippen LogP contribution is 2.37. The van der Waals surface area contributed by atoms with Crippen LogP contribution in [-0.4, -0.2) is 27.6 Å². The van der Waals surface area contributed by atoms with E-state index in [9.17, 15) is 4.79 Å². The highest BCUT2D eigenvalue weighted by molar-refractivity contribution is 5.90. The maximum Gasteiger partial charge on any atom is 0.290 e. The largest absolute Gasteiger partial charge is 0.349 e. The molecule has 1 aliphatic carbocycles. The number of aromatic amines is 1. The van der Waals surface area contributed by atoms with Gasteiger partial charge in [-0.1, -0.05) is 30.3 Å². The molecule has 0 radical (unpaired) electrons. The van der Waals surface area contributed by atoms with Gasteiger partial charge in [0.25, 0.3) is 5.91 Å². The van der Waals surface area contributed by atoms with Gasteiger partial charge in [0.05, 0.1) is 0 Å². The van der Waals surface area contributed by atoms with Crippen molar-refractivity contribution in [1.29, 1.82) is 0 Å². The molecule has 0 aliphatic heterocycles. The summed E-state index contributed by atoms with van der Waals surface area (Å²) < 4.78 is 0. The summed E-state index contributed by atoms with van der Waals surface area (Å²) in [7, 11) is 0. The van der Waals surface area contributed by atoms with Gasteiger partial charge in [-0.05, 0) is 24.8 Å². The standard InChI is InChI=1S/C14H16N4O/c19-14(13-16-12(17-18-13)11-6-7-11)15-9-8-10-4-2-1-3-5-10/h1-5,11H,6-9H2,(H,15,19)(H,16,17,18). The van der Waals surface area contributed by atoms with Crippen LogP contribution in [0.25, 0.3) is 0 Å². The molecule has 2 aromatic rings. The summed E-state index contributed by atoms with van der Waals surface area (Å²) in [5.41, 5.74) is 1.21. The summed E-state index contributed by atoms with van der Waals surface area (Å²) in [6, 6.07) is 10.1. The van der Waals surface area contributed by atoms with Gasteiger partial charge >= 0.3 is 0 Å². The van der Waals surface area contributed by atoms with Crippen molar-refractivity contribution < 1.29 is 4.79 Å². The number of nitrogens with zero attached hydrogens (tertiary/aromatic N) is 2. The monoisotopic (exact) mass is 256 g/mol. The van der Waals surface area contributed by atoms with Crippen LogP contribution < -0.4 is 5.32 Å². The van der Waals surface area contributed by atoms with Gasteiger partial charge in [-0.15, -0.1) is 5.10 Å². The van der Waals surface area contributed by atoms with Gasteiger partial charge < -0.3 is 5.32 Å². The third kappa shape index (κ3) is 2.99. The molecule has 0 bridgehead atoms. The maximum atomic E-state index is 11.8. The SMILES string of the molecule is O=C(NCCc1ccccc1)c1n[nH]c(C2CC2)n1. The molecular weight excluding hydrogens is 240 g/mol. The number of rotatable bonds is 5. The van der Waals surface area contributed by atoms with Crippen LogP contribution in [0.3, 0.4) is 0 Å². The number of H-pyrrole nitrogens is 1. The highest BCUT2D eigenvalue weighted by atomic mass is 16.2. The third-order valence-corrected chi connectivity index (χ3v) is 3.21. The average molecular weight is 256 g/mol. The first-order valence-electron chi connectivity index (χ1n) is 6.57. The van der Waals surface area contributed by atoms with E-state index in [1.54, 1.807) is 0 Å². The number of hydrogen-bond acceptors (Lipinski definition) is 3. The van der Waals surface area contributed by atoms with Gasteiger partial charge in [0.1, 0.15) is 5.82 Å². The Hall–Kier alpha value is -2.17. The van der Waals surface area contributed by atoms with Crippen molar-refractivity contribution >= 4 is 5.91 Å². The van der Waals surface area contributed by atoms with Crippen molar-refractivity contribution in [3.05, 3.63) is 47.5 Å². The summed E-state index contributed by atoms with van der Waals surface area (Å²) in [6.07, 6.45) is 3.10. The zero-order valence-corrected chi connectivity index (χ0v) is 10.6. The molecule has 0 saturated heterocycles. The lowest BCUT2D eigenvalue weighted by atomic mass is 10.1. The first-order valence-corrected chi connectivity index (χ1v) is 6.57. The van der Waals surface area contributed by atoms with Gasteiger partial charge in [0, 0.05) is 12.5 Å². The summed E-state index contributed by atoms with van der Waals surface area (Å²) in [4.78, 5) is 16.1. The Balaban J connectivity index is 1.50. The molecule has 1 fully saturated rings. The van der Waals surface area contributed by atoms with E-state index in [4.69, 9.17) is 0 Å². The Morgan fingerprint density at radius 2 is 2.11 bits per heavy atom. The molecule has 1 aromatic carbocycles. The lowest BCUT2D eigenvalue weighted by Gasteiger charge is -2.02. The van der Waals surface area contributed by atoms with E-state index in [1.165, 1.54) is 5.56 Å². The molecule has 1 amide bonds. The lowest BCUT2D eigenvalue weighted by Crippen LogP contribution is -2.26. The van der Waals surface area contributed by atoms with E-state index in [1.807, 2.05) is 30.3 Å². The Morgan fingerprint density at radius 1 is 1.32 bits per heavy atom. The molecule has 19 heavy (non-hydrogen) atoms. The molecule has 5 nitrogen and oxygen atoms in total. The zero-order chi connectivity index (χ0) is 13.1. The van der Waals surface area contributed by atoms with Crippen LogP contribution >= 0.6 is 0 Å². The van der Waals surface area contributed by atoms with Crippen LogP contribution in [0.1, 0.15) is 40.8 Å². The molecule has 0 unspecified atom stereocenters. The minimum atomic E-state index is -0.209. The predicted molar refractivity (Wildman–Crippen MR) is 70.8 cm³/mol. The van der Waals surface area contributed by atoms with Crippen molar-refractivity contribution in [2.45, 2.75) is 25.2 Å². The second-order valence-corrected chi connectivity index (χ2v) is 4.81. The van der Waals surface area contributed by atoms with E-state index in [0.717, 1.165) is 25.1 Å². The molecule has 0 spiro atoms. The van der Waals surface area contributed by atoms with Crippen LogP contribution in [-0.2, 0) is 6.42 Å². The molecule has 0 atom stereocenters. The summed E-state index contributed by atoms with van der Waals surface area (Å²) in [5, 5.41) is 9.63. The molecule has 1 heterocycles. The third-order valence-electron chi connectivity index (χ3n) is 3.21. The van der Waals surface area contributed by atoms with E-state index in [2.05, 4.69) is 20.5 Å². The molecular formula is C14H16N4O. The van der Waals surface area contributed by atoms with Gasteiger partial charge in [0.15, 0.2) is 0 Å². The normalized spacial score (nSPS) is 14.3. The van der Waals surface area contributed by atoms with Crippen LogP contribution in [0.5, 0.6) is 0 Å². The Morgan fingerprint density at radius 3 is 2.84 bits per heavy atom. The van der Waals surface area contributed by atoms with E-state index >= 15 is 0 Å². The van der Waals surface area contributed by atoms with Crippen molar-refractivity contribution in [2.24, 2.45) is 0 Å². The van der Waals surface area contributed by atoms with Gasteiger partial charge in [-0.3, -0.25) is 9.89 Å². The molecule has 2 N–H and O–H groups in total. The van der Waals surface area contributed by atoms with E-state index in [-0.39, 0.29) is 11.7 Å². The quantitative estimate of drug-likeness (QED) is 0.854. The summed E-state index contributed by atoms with van der Waals surface area (Å²) in [5.74, 6) is 1.36. The topological polar surface area (TPSA) is 70.7 Å². The Kier molecular flexibility index (Phi) is 3.27. The number of amides is 1. The second kappa shape index (κ2) is 5.22. The van der Waals surface area contributed by atoms with Gasteiger partial charge in [-0.25, -0.2) is 4.98 Å². The molecule has 5 heteroatoms. The highest BCUT2D eigenvalue weighted by Gasteiger charge is 2.28. The number of hydrogen-bond donors (Lipinski definition) is 2. The number of carbonyl (C=O) groups is 1. The first kappa shape index (κ1) is 11.9. The maximum absolute atomic E-state index is 11.8. The molecule has 1 aromatic heterocycles. The smallest absolute Gasteiger partial charge is 0.290 e. The lowest BCUT2D eigenvalue weighted by molar-refractivity contribution is 0.0944. The molecule has 98 valence electrons. The van der Waals surface area contributed by atoms with Gasteiger partial charge in [-0.2, -0.15) is 0 Å². The fourth-order valence-electron chi connectivity index (χ4n) is 1.96. The number of carbonyl (C=O) groups excluding carboxylic acids is 1. The van der Waals surface area contributed by atoms with Crippen molar-refractivity contribution in [3.63, 3.8) is 0 Å². The number of nitrogens with one attached hydrogen (secondary N) is 2. The Labute approximate surface area is 111 Å². The summed E-state index contributed by atoms with van der Waals surface area (Å²) in [6.45, 7) is 0.593. The van der Waals surface area contributed by atoms with Crippen LogP contribution in [0.4, 0.5) is 0 Å². The van der Waals surface area contributed by atoms with Crippen molar-refractivity contribution in [1.82, 2.24) is 20.5 Å². The van der Waals surface area contributed by atoms with Crippen LogP contribution in [0.2, 0.25) is 0 Å². The summed E-state index contributed by atoms with van der Waals surface area (Å²) >= 11 is 0. The van der Waals surface area contributed by atoms with Gasteiger partial charge in [0.2, 0.25) is 5.82 Å². The van der Waals surface area contributed by atoms with E-state index < -0.39 is 0 Å². The average Bonchev–Trinajstić information content (AvgIpc) is 3.17. The van der Waals surface area contributed by atoms with Crippen LogP contribution in [0, 0.1) is 0 Å². The number of aromatic nitrogens is 3.